The maximum atomic E-state index is 10.4. The predicted octanol–water partition coefficient (Wildman–Crippen LogP) is 7.44. The van der Waals surface area contributed by atoms with Crippen molar-refractivity contribution in [1.82, 2.24) is 9.13 Å². The van der Waals surface area contributed by atoms with Gasteiger partial charge in [0, 0.05) is 40.8 Å². The summed E-state index contributed by atoms with van der Waals surface area (Å²) in [6.45, 7) is 3.76. The molecular weight excluding hydrogens is 584 g/mol. The molecule has 0 bridgehead atoms. The van der Waals surface area contributed by atoms with Gasteiger partial charge in [-0.15, -0.1) is 0 Å². The Bertz CT molecular complexity index is 1760. The molecule has 2 aromatic heterocycles. The molecule has 0 atom stereocenters. The van der Waals surface area contributed by atoms with Crippen LogP contribution in [-0.2, 0) is 17.1 Å². The summed E-state index contributed by atoms with van der Waals surface area (Å²) in [4.78, 5) is 8.95. The van der Waals surface area contributed by atoms with Crippen LogP contribution in [0.3, 0.4) is 0 Å². The Kier molecular flexibility index (Phi) is 10.5. The van der Waals surface area contributed by atoms with Crippen LogP contribution < -0.4 is 10.7 Å². The first-order valence-corrected chi connectivity index (χ1v) is 13.6. The number of pyridine rings is 2. The Morgan fingerprint density at radius 2 is 0.744 bits per heavy atom. The first-order valence-electron chi connectivity index (χ1n) is 13.6. The molecule has 2 N–H and O–H groups in total. The van der Waals surface area contributed by atoms with E-state index in [9.17, 15) is 10.2 Å². The molecule has 0 aliphatic heterocycles. The molecule has 43 heavy (non-hydrogen) atoms. The molecule has 0 amide bonds. The van der Waals surface area contributed by atoms with E-state index >= 15 is 0 Å². The standard InChI is InChI=1S/2C18H16N2O.Cu/c2*1-14-18(21)17(19-15-8-4-2-5-9-15)12-13-20(14)16-10-6-3-7-11-16;/h2*2-13,21H,1H3;. The zero-order valence-electron chi connectivity index (χ0n) is 23.8. The maximum Gasteiger partial charge on any atom is 0.160 e. The van der Waals surface area contributed by atoms with Crippen LogP contribution in [0.15, 0.2) is 156 Å². The van der Waals surface area contributed by atoms with Crippen molar-refractivity contribution in [2.75, 3.05) is 0 Å². The zero-order valence-corrected chi connectivity index (χ0v) is 24.8. The van der Waals surface area contributed by atoms with E-state index in [-0.39, 0.29) is 28.6 Å². The van der Waals surface area contributed by atoms with E-state index in [0.29, 0.717) is 10.7 Å². The third-order valence-electron chi connectivity index (χ3n) is 6.74. The van der Waals surface area contributed by atoms with Crippen LogP contribution in [0.5, 0.6) is 11.5 Å². The van der Waals surface area contributed by atoms with Gasteiger partial charge in [-0.2, -0.15) is 0 Å². The minimum absolute atomic E-state index is 0. The minimum Gasteiger partial charge on any atom is -0.504 e. The topological polar surface area (TPSA) is 75.0 Å². The molecule has 6 nitrogen and oxygen atoms in total. The van der Waals surface area contributed by atoms with Gasteiger partial charge < -0.3 is 19.3 Å². The summed E-state index contributed by atoms with van der Waals surface area (Å²) >= 11 is 0. The van der Waals surface area contributed by atoms with Crippen molar-refractivity contribution < 1.29 is 27.3 Å². The molecule has 0 unspecified atom stereocenters. The number of benzene rings is 4. The number of aromatic hydroxyl groups is 2. The van der Waals surface area contributed by atoms with Crippen molar-refractivity contribution in [2.45, 2.75) is 13.8 Å². The van der Waals surface area contributed by atoms with Crippen molar-refractivity contribution >= 4 is 11.4 Å². The number of nitrogens with zero attached hydrogens (tertiary/aromatic N) is 4. The van der Waals surface area contributed by atoms with Gasteiger partial charge >= 0.3 is 0 Å². The van der Waals surface area contributed by atoms with Gasteiger partial charge in [0.05, 0.1) is 22.8 Å². The molecule has 4 aromatic carbocycles. The summed E-state index contributed by atoms with van der Waals surface area (Å²) in [7, 11) is 0. The molecule has 0 spiro atoms. The number of hydrogen-bond acceptors (Lipinski definition) is 4. The van der Waals surface area contributed by atoms with Crippen LogP contribution in [0.25, 0.3) is 11.4 Å². The molecule has 6 rings (SSSR count). The second kappa shape index (κ2) is 14.7. The zero-order chi connectivity index (χ0) is 29.3. The molecule has 0 saturated carbocycles. The van der Waals surface area contributed by atoms with Gasteiger partial charge in [-0.3, -0.25) is 0 Å². The van der Waals surface area contributed by atoms with E-state index in [1.165, 1.54) is 0 Å². The normalized spacial score (nSPS) is 11.3. The van der Waals surface area contributed by atoms with Crippen molar-refractivity contribution in [3.8, 4) is 22.9 Å². The minimum atomic E-state index is 0. The van der Waals surface area contributed by atoms with Crippen molar-refractivity contribution in [2.24, 2.45) is 9.98 Å². The Morgan fingerprint density at radius 1 is 0.442 bits per heavy atom. The molecule has 0 saturated heterocycles. The predicted molar refractivity (Wildman–Crippen MR) is 168 cm³/mol. The second-order valence-electron chi connectivity index (χ2n) is 9.58. The van der Waals surface area contributed by atoms with Gasteiger partial charge in [0.2, 0.25) is 0 Å². The second-order valence-corrected chi connectivity index (χ2v) is 9.58. The first-order chi connectivity index (χ1) is 20.5. The number of rotatable bonds is 4. The van der Waals surface area contributed by atoms with Crippen LogP contribution in [0.1, 0.15) is 11.4 Å². The van der Waals surface area contributed by atoms with E-state index in [1.54, 1.807) is 0 Å². The van der Waals surface area contributed by atoms with Gasteiger partial charge in [0.1, 0.15) is 10.7 Å². The summed E-state index contributed by atoms with van der Waals surface area (Å²) < 4.78 is 3.89. The molecule has 1 radical (unpaired) electrons. The molecule has 0 aliphatic carbocycles. The molecule has 6 aromatic rings. The first kappa shape index (κ1) is 30.8. The average molecular weight is 616 g/mol. The van der Waals surface area contributed by atoms with E-state index < -0.39 is 0 Å². The van der Waals surface area contributed by atoms with Crippen LogP contribution in [0, 0.1) is 13.8 Å². The van der Waals surface area contributed by atoms with Crippen molar-refractivity contribution in [1.29, 1.82) is 0 Å². The largest absolute Gasteiger partial charge is 0.504 e. The molecule has 7 heteroatoms. The summed E-state index contributed by atoms with van der Waals surface area (Å²) in [6.07, 6.45) is 3.85. The molecular formula is C36H32CuN4O2. The van der Waals surface area contributed by atoms with Gasteiger partial charge in [-0.25, -0.2) is 9.98 Å². The van der Waals surface area contributed by atoms with E-state index in [1.807, 2.05) is 169 Å². The summed E-state index contributed by atoms with van der Waals surface area (Å²) in [5.41, 5.74) is 5.19. The van der Waals surface area contributed by atoms with Crippen LogP contribution >= 0.6 is 0 Å². The van der Waals surface area contributed by atoms with Crippen LogP contribution in [0.2, 0.25) is 0 Å². The third-order valence-corrected chi connectivity index (χ3v) is 6.74. The summed E-state index contributed by atoms with van der Waals surface area (Å²) in [5.74, 6) is 0.399. The van der Waals surface area contributed by atoms with E-state index in [0.717, 1.165) is 34.1 Å². The SMILES string of the molecule is Cc1c(O)c(=Nc2ccccc2)ccn1-c1ccccc1.Cc1c(O)c(=Nc2ccccc2)ccn1-c1ccccc1.[Cu]. The molecule has 0 fully saturated rings. The average Bonchev–Trinajstić information content (AvgIpc) is 3.04. The third kappa shape index (κ3) is 7.60. The summed E-state index contributed by atoms with van der Waals surface area (Å²) in [5, 5.41) is 21.9. The Morgan fingerprint density at radius 3 is 1.07 bits per heavy atom. The van der Waals surface area contributed by atoms with Crippen LogP contribution in [0.4, 0.5) is 11.4 Å². The number of aromatic nitrogens is 2. The van der Waals surface area contributed by atoms with Crippen LogP contribution in [-0.4, -0.2) is 19.3 Å². The Balaban J connectivity index is 0.000000192. The Hall–Kier alpha value is -5.10. The maximum absolute atomic E-state index is 10.4. The fraction of sp³-hybridized carbons (Fsp3) is 0.0556. The monoisotopic (exact) mass is 615 g/mol. The van der Waals surface area contributed by atoms with Gasteiger partial charge in [-0.05, 0) is 74.5 Å². The smallest absolute Gasteiger partial charge is 0.160 e. The molecule has 219 valence electrons. The number of hydrogen-bond donors (Lipinski definition) is 2. The molecule has 2 heterocycles. The van der Waals surface area contributed by atoms with E-state index in [2.05, 4.69) is 9.98 Å². The van der Waals surface area contributed by atoms with Crippen molar-refractivity contribution in [3.63, 3.8) is 0 Å². The summed E-state index contributed by atoms with van der Waals surface area (Å²) in [6, 6.07) is 42.7. The van der Waals surface area contributed by atoms with Crippen molar-refractivity contribution in [3.05, 3.63) is 168 Å². The van der Waals surface area contributed by atoms with Gasteiger partial charge in [-0.1, -0.05) is 72.8 Å². The Labute approximate surface area is 261 Å². The van der Waals surface area contributed by atoms with E-state index in [4.69, 9.17) is 0 Å². The van der Waals surface area contributed by atoms with Gasteiger partial charge in [0.25, 0.3) is 0 Å². The quantitative estimate of drug-likeness (QED) is 0.202. The number of para-hydroxylation sites is 4. The fourth-order valence-electron chi connectivity index (χ4n) is 4.47. The molecule has 0 aliphatic rings. The van der Waals surface area contributed by atoms with Gasteiger partial charge in [0.15, 0.2) is 11.5 Å². The fourth-order valence-corrected chi connectivity index (χ4v) is 4.47.